The van der Waals surface area contributed by atoms with Gasteiger partial charge in [0.1, 0.15) is 11.6 Å². The summed E-state index contributed by atoms with van der Waals surface area (Å²) in [6.45, 7) is 2.36. The van der Waals surface area contributed by atoms with Crippen LogP contribution in [0.1, 0.15) is 5.56 Å². The molecule has 0 aliphatic carbocycles. The lowest BCUT2D eigenvalue weighted by Gasteiger charge is -2.12. The van der Waals surface area contributed by atoms with Crippen LogP contribution in [0.15, 0.2) is 36.0 Å². The highest BCUT2D eigenvalue weighted by atomic mass is 32.2. The van der Waals surface area contributed by atoms with E-state index in [0.717, 1.165) is 22.2 Å². The smallest absolute Gasteiger partial charge is 0.288 e. The number of hydrogen-bond acceptors (Lipinski definition) is 6. The zero-order valence-electron chi connectivity index (χ0n) is 13.0. The number of thioether (sulfide) groups is 1. The van der Waals surface area contributed by atoms with Crippen LogP contribution >= 0.6 is 11.8 Å². The minimum Gasteiger partial charge on any atom is -0.388 e. The highest BCUT2D eigenvalue weighted by molar-refractivity contribution is 8.14. The van der Waals surface area contributed by atoms with E-state index in [1.54, 1.807) is 18.2 Å². The third-order valence-electron chi connectivity index (χ3n) is 3.21. The van der Waals surface area contributed by atoms with E-state index in [9.17, 15) is 14.4 Å². The van der Waals surface area contributed by atoms with Crippen molar-refractivity contribution >= 4 is 34.5 Å². The Bertz CT molecular complexity index is 723. The molecule has 1 aromatic rings. The first-order valence-electron chi connectivity index (χ1n) is 7.20. The normalized spacial score (nSPS) is 14.5. The molecule has 124 valence electrons. The van der Waals surface area contributed by atoms with Crippen molar-refractivity contribution in [2.75, 3.05) is 24.2 Å². The summed E-state index contributed by atoms with van der Waals surface area (Å²) in [5, 5.41) is 14.2. The van der Waals surface area contributed by atoms with Crippen LogP contribution in [0.25, 0.3) is 0 Å². The second-order valence-electron chi connectivity index (χ2n) is 5.05. The molecule has 1 heterocycles. The van der Waals surface area contributed by atoms with Crippen LogP contribution in [0.4, 0.5) is 10.5 Å². The topological polar surface area (TPSA) is 102 Å². The quantitative estimate of drug-likeness (QED) is 0.462. The summed E-state index contributed by atoms with van der Waals surface area (Å²) in [5.74, 6) is -0.593. The first kappa shape index (κ1) is 17.6. The Morgan fingerprint density at radius 1 is 1.46 bits per heavy atom. The molecule has 24 heavy (non-hydrogen) atoms. The largest absolute Gasteiger partial charge is 0.388 e. The molecular formula is C16H16N4O3S. The average Bonchev–Trinajstić information content (AvgIpc) is 2.86. The lowest BCUT2D eigenvalue weighted by molar-refractivity contribution is -0.124. The summed E-state index contributed by atoms with van der Waals surface area (Å²) in [6, 6.07) is 9.05. The van der Waals surface area contributed by atoms with Crippen molar-refractivity contribution in [1.29, 1.82) is 5.26 Å². The van der Waals surface area contributed by atoms with Crippen LogP contribution in [0.3, 0.4) is 0 Å². The second-order valence-corrected chi connectivity index (χ2v) is 5.97. The number of carbonyl (C=O) groups excluding carboxylic acids is 3. The van der Waals surface area contributed by atoms with E-state index in [1.807, 2.05) is 19.1 Å². The zero-order chi connectivity index (χ0) is 17.5. The Morgan fingerprint density at radius 3 is 2.88 bits per heavy atom. The van der Waals surface area contributed by atoms with Gasteiger partial charge in [0.2, 0.25) is 5.91 Å². The maximum Gasteiger partial charge on any atom is 0.288 e. The molecule has 0 aromatic heterocycles. The predicted octanol–water partition coefficient (Wildman–Crippen LogP) is 1.63. The third-order valence-corrected chi connectivity index (χ3v) is 4.07. The number of nitrogens with zero attached hydrogens (tertiary/aromatic N) is 2. The molecule has 1 saturated heterocycles. The zero-order valence-corrected chi connectivity index (χ0v) is 13.9. The fourth-order valence-electron chi connectivity index (χ4n) is 2.02. The Hall–Kier alpha value is -2.79. The monoisotopic (exact) mass is 344 g/mol. The van der Waals surface area contributed by atoms with Gasteiger partial charge in [-0.1, -0.05) is 23.9 Å². The van der Waals surface area contributed by atoms with Gasteiger partial charge in [-0.05, 0) is 24.6 Å². The van der Waals surface area contributed by atoms with Gasteiger partial charge in [-0.2, -0.15) is 5.26 Å². The first-order chi connectivity index (χ1) is 11.5. The van der Waals surface area contributed by atoms with Crippen LogP contribution in [0.5, 0.6) is 0 Å². The van der Waals surface area contributed by atoms with Crippen molar-refractivity contribution in [3.8, 4) is 6.07 Å². The number of hydrogen-bond donors (Lipinski definition) is 2. The molecule has 1 aliphatic heterocycles. The van der Waals surface area contributed by atoms with Gasteiger partial charge in [0.25, 0.3) is 11.1 Å². The number of imide groups is 1. The van der Waals surface area contributed by atoms with E-state index in [4.69, 9.17) is 5.26 Å². The number of nitrogens with one attached hydrogen (secondary N) is 2. The summed E-state index contributed by atoms with van der Waals surface area (Å²) in [5.41, 5.74) is 1.50. The lowest BCUT2D eigenvalue weighted by Crippen LogP contribution is -2.34. The maximum absolute atomic E-state index is 12.0. The van der Waals surface area contributed by atoms with E-state index < -0.39 is 5.91 Å². The molecule has 2 rings (SSSR count). The summed E-state index contributed by atoms with van der Waals surface area (Å²) in [7, 11) is 0. The van der Waals surface area contributed by atoms with Gasteiger partial charge in [0, 0.05) is 25.0 Å². The van der Waals surface area contributed by atoms with E-state index >= 15 is 0 Å². The molecule has 8 heteroatoms. The van der Waals surface area contributed by atoms with Crippen LogP contribution in [-0.4, -0.2) is 40.8 Å². The SMILES string of the molecule is Cc1cccc(NC(=O)/C(C#N)=C\NCCN2C(=O)CSC2=O)c1. The number of nitriles is 1. The van der Waals surface area contributed by atoms with Crippen molar-refractivity contribution in [2.24, 2.45) is 0 Å². The third kappa shape index (κ3) is 4.60. The van der Waals surface area contributed by atoms with E-state index in [1.165, 1.54) is 6.20 Å². The summed E-state index contributed by atoms with van der Waals surface area (Å²) >= 11 is 0.967. The van der Waals surface area contributed by atoms with E-state index in [2.05, 4.69) is 10.6 Å². The highest BCUT2D eigenvalue weighted by Gasteiger charge is 2.28. The van der Waals surface area contributed by atoms with Crippen LogP contribution in [0, 0.1) is 18.3 Å². The fourth-order valence-corrected chi connectivity index (χ4v) is 2.77. The van der Waals surface area contributed by atoms with Crippen LogP contribution in [0.2, 0.25) is 0 Å². The van der Waals surface area contributed by atoms with Gasteiger partial charge in [-0.3, -0.25) is 19.3 Å². The van der Waals surface area contributed by atoms with E-state index in [-0.39, 0.29) is 35.6 Å². The molecule has 0 spiro atoms. The number of benzene rings is 1. The summed E-state index contributed by atoms with van der Waals surface area (Å²) in [4.78, 5) is 36.0. The van der Waals surface area contributed by atoms with Crippen LogP contribution < -0.4 is 10.6 Å². The van der Waals surface area contributed by atoms with Gasteiger partial charge in [0.05, 0.1) is 5.75 Å². The molecule has 7 nitrogen and oxygen atoms in total. The molecule has 1 fully saturated rings. The molecule has 1 aliphatic rings. The Labute approximate surface area is 143 Å². The van der Waals surface area contributed by atoms with Crippen LogP contribution in [-0.2, 0) is 9.59 Å². The standard InChI is InChI=1S/C16H16N4O3S/c1-11-3-2-4-13(7-11)19-15(22)12(8-17)9-18-5-6-20-14(21)10-24-16(20)23/h2-4,7,9,18H,5-6,10H2,1H3,(H,19,22)/b12-9-. The molecular weight excluding hydrogens is 328 g/mol. The molecule has 0 bridgehead atoms. The number of carbonyl (C=O) groups is 3. The molecule has 1 aromatic carbocycles. The van der Waals surface area contributed by atoms with Crippen molar-refractivity contribution in [2.45, 2.75) is 6.92 Å². The average molecular weight is 344 g/mol. The van der Waals surface area contributed by atoms with Crippen molar-refractivity contribution in [3.05, 3.63) is 41.6 Å². The van der Waals surface area contributed by atoms with E-state index in [0.29, 0.717) is 5.69 Å². The fraction of sp³-hybridized carbons (Fsp3) is 0.250. The molecule has 0 radical (unpaired) electrons. The summed E-state index contributed by atoms with van der Waals surface area (Å²) in [6.07, 6.45) is 1.28. The number of amides is 3. The van der Waals surface area contributed by atoms with Crippen molar-refractivity contribution in [1.82, 2.24) is 10.2 Å². The maximum atomic E-state index is 12.0. The minimum absolute atomic E-state index is 0.0926. The van der Waals surface area contributed by atoms with Crippen molar-refractivity contribution in [3.63, 3.8) is 0 Å². The highest BCUT2D eigenvalue weighted by Crippen LogP contribution is 2.17. The lowest BCUT2D eigenvalue weighted by atomic mass is 10.2. The van der Waals surface area contributed by atoms with Gasteiger partial charge in [0.15, 0.2) is 0 Å². The Morgan fingerprint density at radius 2 is 2.25 bits per heavy atom. The Balaban J connectivity index is 1.87. The van der Waals surface area contributed by atoms with Gasteiger partial charge >= 0.3 is 0 Å². The predicted molar refractivity (Wildman–Crippen MR) is 91.1 cm³/mol. The number of aryl methyl sites for hydroxylation is 1. The van der Waals surface area contributed by atoms with Gasteiger partial charge in [-0.15, -0.1) is 0 Å². The molecule has 0 atom stereocenters. The Kier molecular flexibility index (Phi) is 5.98. The molecule has 0 unspecified atom stereocenters. The molecule has 3 amide bonds. The second kappa shape index (κ2) is 8.17. The molecule has 2 N–H and O–H groups in total. The van der Waals surface area contributed by atoms with Crippen molar-refractivity contribution < 1.29 is 14.4 Å². The minimum atomic E-state index is -0.528. The first-order valence-corrected chi connectivity index (χ1v) is 8.18. The number of anilines is 1. The van der Waals surface area contributed by atoms with Gasteiger partial charge < -0.3 is 10.6 Å². The number of rotatable bonds is 6. The molecule has 0 saturated carbocycles. The van der Waals surface area contributed by atoms with Gasteiger partial charge in [-0.25, -0.2) is 0 Å². The summed E-state index contributed by atoms with van der Waals surface area (Å²) < 4.78 is 0.